The molecule has 2 aromatic heterocycles. The monoisotopic (exact) mass is 288 g/mol. The van der Waals surface area contributed by atoms with Crippen molar-refractivity contribution in [2.45, 2.75) is 24.3 Å². The van der Waals surface area contributed by atoms with Crippen molar-refractivity contribution < 1.29 is 4.42 Å². The summed E-state index contributed by atoms with van der Waals surface area (Å²) in [7, 11) is 0. The van der Waals surface area contributed by atoms with Crippen LogP contribution in [0.5, 0.6) is 0 Å². The van der Waals surface area contributed by atoms with Crippen molar-refractivity contribution in [3.8, 4) is 0 Å². The van der Waals surface area contributed by atoms with Crippen molar-refractivity contribution in [2.24, 2.45) is 5.73 Å². The lowest BCUT2D eigenvalue weighted by molar-refractivity contribution is 0.430. The van der Waals surface area contributed by atoms with Crippen LogP contribution in [0.25, 0.3) is 0 Å². The Labute approximate surface area is 113 Å². The van der Waals surface area contributed by atoms with Crippen molar-refractivity contribution in [1.29, 1.82) is 0 Å². The van der Waals surface area contributed by atoms with E-state index in [2.05, 4.69) is 4.98 Å². The Morgan fingerprint density at radius 3 is 2.76 bits per heavy atom. The van der Waals surface area contributed by atoms with Crippen LogP contribution in [0.15, 0.2) is 21.8 Å². The first-order chi connectivity index (χ1) is 8.10. The smallest absolute Gasteiger partial charge is 0.256 e. The van der Waals surface area contributed by atoms with Crippen LogP contribution in [0.3, 0.4) is 0 Å². The summed E-state index contributed by atoms with van der Waals surface area (Å²) in [6.45, 7) is 4.37. The van der Waals surface area contributed by atoms with Crippen molar-refractivity contribution in [2.75, 3.05) is 6.54 Å². The number of aryl methyl sites for hydroxylation is 2. The van der Waals surface area contributed by atoms with Crippen molar-refractivity contribution in [1.82, 2.24) is 4.98 Å². The number of rotatable bonds is 4. The van der Waals surface area contributed by atoms with E-state index in [1.165, 1.54) is 11.8 Å². The van der Waals surface area contributed by atoms with Crippen LogP contribution in [0, 0.1) is 13.8 Å². The van der Waals surface area contributed by atoms with Gasteiger partial charge in [0.15, 0.2) is 0 Å². The summed E-state index contributed by atoms with van der Waals surface area (Å²) in [5.41, 5.74) is 6.70. The zero-order valence-electron chi connectivity index (χ0n) is 9.57. The van der Waals surface area contributed by atoms with Crippen molar-refractivity contribution >= 4 is 34.7 Å². The van der Waals surface area contributed by atoms with Gasteiger partial charge in [-0.25, -0.2) is 4.98 Å². The van der Waals surface area contributed by atoms with Crippen LogP contribution in [-0.4, -0.2) is 11.5 Å². The molecule has 2 N–H and O–H groups in total. The van der Waals surface area contributed by atoms with Crippen LogP contribution >= 0.6 is 34.7 Å². The summed E-state index contributed by atoms with van der Waals surface area (Å²) in [4.78, 5) is 5.49. The molecule has 0 aliphatic carbocycles. The highest BCUT2D eigenvalue weighted by atomic mass is 35.5. The third kappa shape index (κ3) is 3.04. The quantitative estimate of drug-likeness (QED) is 0.870. The van der Waals surface area contributed by atoms with E-state index in [0.29, 0.717) is 11.8 Å². The van der Waals surface area contributed by atoms with Gasteiger partial charge in [0.2, 0.25) is 0 Å². The van der Waals surface area contributed by atoms with Gasteiger partial charge >= 0.3 is 0 Å². The Kier molecular flexibility index (Phi) is 4.14. The van der Waals surface area contributed by atoms with E-state index in [9.17, 15) is 0 Å². The molecule has 0 saturated carbocycles. The second-order valence-corrected chi connectivity index (χ2v) is 6.51. The fraction of sp³-hybridized carbons (Fsp3) is 0.364. The number of nitrogens with zero attached hydrogens (tertiary/aromatic N) is 1. The molecule has 0 aliphatic rings. The maximum atomic E-state index is 5.92. The van der Waals surface area contributed by atoms with Gasteiger partial charge in [-0.3, -0.25) is 0 Å². The van der Waals surface area contributed by atoms with Gasteiger partial charge in [0.1, 0.15) is 5.76 Å². The van der Waals surface area contributed by atoms with Gasteiger partial charge < -0.3 is 10.2 Å². The van der Waals surface area contributed by atoms with E-state index in [1.807, 2.05) is 26.0 Å². The molecule has 1 atom stereocenters. The number of halogens is 1. The van der Waals surface area contributed by atoms with Gasteiger partial charge in [-0.2, -0.15) is 0 Å². The van der Waals surface area contributed by atoms with Crippen LogP contribution in [-0.2, 0) is 0 Å². The van der Waals surface area contributed by atoms with Gasteiger partial charge in [0.25, 0.3) is 5.22 Å². The minimum Gasteiger partial charge on any atom is -0.437 e. The zero-order valence-corrected chi connectivity index (χ0v) is 12.0. The van der Waals surface area contributed by atoms with E-state index in [1.54, 1.807) is 11.3 Å². The molecule has 3 nitrogen and oxygen atoms in total. The number of thiophene rings is 1. The molecule has 0 bridgehead atoms. The number of nitrogens with two attached hydrogens (primary N) is 1. The Bertz CT molecular complexity index is 490. The number of oxazole rings is 1. The normalized spacial score (nSPS) is 12.9. The minimum atomic E-state index is 0.143. The standard InChI is InChI=1S/C11H13ClN2OS2/c1-6-7(2)15-11(14-6)17-9(5-13)8-3-4-10(12)16-8/h3-4,9H,5,13H2,1-2H3. The molecular formula is C11H13ClN2OS2. The minimum absolute atomic E-state index is 0.143. The molecular weight excluding hydrogens is 276 g/mol. The predicted octanol–water partition coefficient (Wildman–Crippen LogP) is 3.80. The molecule has 92 valence electrons. The highest BCUT2D eigenvalue weighted by Gasteiger charge is 2.17. The lowest BCUT2D eigenvalue weighted by Crippen LogP contribution is -2.07. The van der Waals surface area contributed by atoms with Crippen molar-refractivity contribution in [3.63, 3.8) is 0 Å². The van der Waals surface area contributed by atoms with Crippen LogP contribution in [0.2, 0.25) is 4.34 Å². The Morgan fingerprint density at radius 1 is 1.53 bits per heavy atom. The third-order valence-corrected chi connectivity index (χ3v) is 4.98. The largest absolute Gasteiger partial charge is 0.437 e. The molecule has 0 fully saturated rings. The van der Waals surface area contributed by atoms with Gasteiger partial charge in [-0.05, 0) is 26.0 Å². The molecule has 0 saturated heterocycles. The Balaban J connectivity index is 2.15. The average molecular weight is 289 g/mol. The lowest BCUT2D eigenvalue weighted by atomic mass is 10.3. The molecule has 6 heteroatoms. The topological polar surface area (TPSA) is 52.0 Å². The number of aromatic nitrogens is 1. The summed E-state index contributed by atoms with van der Waals surface area (Å²) in [5, 5.41) is 0.810. The first-order valence-corrected chi connectivity index (χ1v) is 7.23. The summed E-state index contributed by atoms with van der Waals surface area (Å²) < 4.78 is 6.32. The Morgan fingerprint density at radius 2 is 2.29 bits per heavy atom. The zero-order chi connectivity index (χ0) is 12.4. The maximum absolute atomic E-state index is 5.92. The van der Waals surface area contributed by atoms with E-state index in [-0.39, 0.29) is 5.25 Å². The first kappa shape index (κ1) is 13.0. The third-order valence-electron chi connectivity index (χ3n) is 2.38. The van der Waals surface area contributed by atoms with Crippen molar-refractivity contribution in [3.05, 3.63) is 32.8 Å². The molecule has 0 amide bonds. The molecule has 0 aromatic carbocycles. The highest BCUT2D eigenvalue weighted by molar-refractivity contribution is 7.99. The molecule has 1 unspecified atom stereocenters. The first-order valence-electron chi connectivity index (χ1n) is 5.16. The van der Waals surface area contributed by atoms with Gasteiger partial charge in [0.05, 0.1) is 15.3 Å². The lowest BCUT2D eigenvalue weighted by Gasteiger charge is -2.09. The highest BCUT2D eigenvalue weighted by Crippen LogP contribution is 2.38. The molecule has 0 radical (unpaired) electrons. The number of thioether (sulfide) groups is 1. The van der Waals surface area contributed by atoms with Gasteiger partial charge in [-0.1, -0.05) is 23.4 Å². The van der Waals surface area contributed by atoms with Crippen LogP contribution in [0.4, 0.5) is 0 Å². The summed E-state index contributed by atoms with van der Waals surface area (Å²) in [6, 6.07) is 3.89. The summed E-state index contributed by atoms with van der Waals surface area (Å²) in [5.74, 6) is 0.854. The summed E-state index contributed by atoms with van der Waals surface area (Å²) in [6.07, 6.45) is 0. The Hall–Kier alpha value is -0.490. The summed E-state index contributed by atoms with van der Waals surface area (Å²) >= 11 is 9.01. The van der Waals surface area contributed by atoms with Crippen LogP contribution in [0.1, 0.15) is 21.6 Å². The van der Waals surface area contributed by atoms with E-state index in [0.717, 1.165) is 20.7 Å². The van der Waals surface area contributed by atoms with E-state index < -0.39 is 0 Å². The van der Waals surface area contributed by atoms with Gasteiger partial charge in [0, 0.05) is 11.4 Å². The second kappa shape index (κ2) is 5.44. The average Bonchev–Trinajstić information content (AvgIpc) is 2.83. The van der Waals surface area contributed by atoms with Gasteiger partial charge in [-0.15, -0.1) is 11.3 Å². The second-order valence-electron chi connectivity index (χ2n) is 3.61. The molecule has 2 rings (SSSR count). The van der Waals surface area contributed by atoms with E-state index >= 15 is 0 Å². The molecule has 17 heavy (non-hydrogen) atoms. The predicted molar refractivity (Wildman–Crippen MR) is 73.0 cm³/mol. The SMILES string of the molecule is Cc1nc(SC(CN)c2ccc(Cl)s2)oc1C. The molecule has 0 spiro atoms. The maximum Gasteiger partial charge on any atom is 0.256 e. The fourth-order valence-electron chi connectivity index (χ4n) is 1.34. The fourth-order valence-corrected chi connectivity index (χ4v) is 3.58. The number of hydrogen-bond donors (Lipinski definition) is 1. The molecule has 2 heterocycles. The molecule has 2 aromatic rings. The molecule has 0 aliphatic heterocycles. The number of hydrogen-bond acceptors (Lipinski definition) is 5. The van der Waals surface area contributed by atoms with Crippen LogP contribution < -0.4 is 5.73 Å². The van der Waals surface area contributed by atoms with E-state index in [4.69, 9.17) is 21.8 Å².